The first-order valence-corrected chi connectivity index (χ1v) is 7.34. The molecule has 1 aliphatic heterocycles. The summed E-state index contributed by atoms with van der Waals surface area (Å²) in [4.78, 5) is 25.3. The third-order valence-corrected chi connectivity index (χ3v) is 4.70. The predicted molar refractivity (Wildman–Crippen MR) is 75.1 cm³/mol. The van der Waals surface area contributed by atoms with Crippen LogP contribution < -0.4 is 5.32 Å². The molecular weight excluding hydrogens is 276 g/mol. The van der Waals surface area contributed by atoms with Crippen molar-refractivity contribution in [3.05, 3.63) is 0 Å². The molecule has 2 fully saturated rings. The number of ether oxygens (including phenoxy) is 2. The third-order valence-electron chi connectivity index (χ3n) is 4.70. The highest BCUT2D eigenvalue weighted by Crippen LogP contribution is 2.37. The molecule has 0 aromatic carbocycles. The molecule has 21 heavy (non-hydrogen) atoms. The number of amides is 2. The number of rotatable bonds is 5. The lowest BCUT2D eigenvalue weighted by Gasteiger charge is -2.26. The summed E-state index contributed by atoms with van der Waals surface area (Å²) in [5, 5.41) is 12.2. The zero-order chi connectivity index (χ0) is 15.5. The van der Waals surface area contributed by atoms with Gasteiger partial charge in [-0.2, -0.15) is 0 Å². The molecule has 0 bridgehead atoms. The van der Waals surface area contributed by atoms with E-state index >= 15 is 0 Å². The van der Waals surface area contributed by atoms with Gasteiger partial charge < -0.3 is 24.8 Å². The number of likely N-dealkylation sites (tertiary alicyclic amines) is 1. The zero-order valence-corrected chi connectivity index (χ0v) is 12.6. The van der Waals surface area contributed by atoms with E-state index in [9.17, 15) is 14.7 Å². The summed E-state index contributed by atoms with van der Waals surface area (Å²) >= 11 is 0. The molecule has 7 heteroatoms. The molecule has 2 N–H and O–H groups in total. The molecule has 2 unspecified atom stereocenters. The van der Waals surface area contributed by atoms with Crippen LogP contribution in [-0.4, -0.2) is 68.1 Å². The normalized spacial score (nSPS) is 27.8. The van der Waals surface area contributed by atoms with Crippen molar-refractivity contribution in [3.63, 3.8) is 0 Å². The molecule has 1 heterocycles. The lowest BCUT2D eigenvalue weighted by molar-refractivity contribution is -0.148. The largest absolute Gasteiger partial charge is 0.481 e. The summed E-state index contributed by atoms with van der Waals surface area (Å²) in [6.07, 6.45) is 2.79. The summed E-state index contributed by atoms with van der Waals surface area (Å²) < 4.78 is 10.6. The molecule has 0 radical (unpaired) electrons. The number of nitrogens with one attached hydrogen (secondary N) is 1. The Hall–Kier alpha value is -1.34. The Morgan fingerprint density at radius 3 is 2.14 bits per heavy atom. The van der Waals surface area contributed by atoms with Crippen LogP contribution in [0.4, 0.5) is 4.79 Å². The van der Waals surface area contributed by atoms with E-state index in [1.165, 1.54) is 0 Å². The van der Waals surface area contributed by atoms with E-state index in [-0.39, 0.29) is 24.8 Å². The van der Waals surface area contributed by atoms with Crippen LogP contribution >= 0.6 is 0 Å². The first-order valence-electron chi connectivity index (χ1n) is 7.34. The van der Waals surface area contributed by atoms with Crippen molar-refractivity contribution in [2.24, 2.45) is 5.41 Å². The van der Waals surface area contributed by atoms with Gasteiger partial charge in [0.15, 0.2) is 0 Å². The number of hydrogen-bond donors (Lipinski definition) is 2. The number of nitrogens with zero attached hydrogens (tertiary/aromatic N) is 1. The molecule has 0 aromatic rings. The molecule has 1 saturated carbocycles. The second-order valence-electron chi connectivity index (χ2n) is 5.90. The summed E-state index contributed by atoms with van der Waals surface area (Å²) in [5.74, 6) is -0.814. The molecule has 120 valence electrons. The Morgan fingerprint density at radius 1 is 1.19 bits per heavy atom. The topological polar surface area (TPSA) is 88.1 Å². The summed E-state index contributed by atoms with van der Waals surface area (Å²) in [6, 6.07) is -0.246. The van der Waals surface area contributed by atoms with Crippen molar-refractivity contribution in [2.75, 3.05) is 33.9 Å². The van der Waals surface area contributed by atoms with Gasteiger partial charge in [0.05, 0.1) is 18.5 Å². The van der Waals surface area contributed by atoms with Crippen molar-refractivity contribution >= 4 is 12.0 Å². The van der Waals surface area contributed by atoms with Crippen molar-refractivity contribution in [1.82, 2.24) is 10.2 Å². The van der Waals surface area contributed by atoms with Crippen LogP contribution in [0, 0.1) is 5.41 Å². The second kappa shape index (κ2) is 6.62. The van der Waals surface area contributed by atoms with Gasteiger partial charge in [-0.15, -0.1) is 0 Å². The number of urea groups is 1. The predicted octanol–water partition coefficient (Wildman–Crippen LogP) is 0.687. The quantitative estimate of drug-likeness (QED) is 0.780. The van der Waals surface area contributed by atoms with Gasteiger partial charge in [0, 0.05) is 20.8 Å². The van der Waals surface area contributed by atoms with Gasteiger partial charge >= 0.3 is 12.0 Å². The van der Waals surface area contributed by atoms with Crippen molar-refractivity contribution < 1.29 is 24.2 Å². The molecular formula is C14H24N2O5. The maximum atomic E-state index is 12.2. The molecule has 2 rings (SSSR count). The van der Waals surface area contributed by atoms with Crippen LogP contribution in [0.1, 0.15) is 25.7 Å². The third kappa shape index (κ3) is 3.29. The van der Waals surface area contributed by atoms with E-state index < -0.39 is 11.4 Å². The fourth-order valence-electron chi connectivity index (χ4n) is 3.24. The molecule has 2 amide bonds. The zero-order valence-electron chi connectivity index (χ0n) is 12.6. The van der Waals surface area contributed by atoms with Crippen LogP contribution in [-0.2, 0) is 14.3 Å². The van der Waals surface area contributed by atoms with Gasteiger partial charge in [-0.05, 0) is 12.8 Å². The van der Waals surface area contributed by atoms with Crippen LogP contribution in [0.25, 0.3) is 0 Å². The Kier molecular flexibility index (Phi) is 5.05. The average molecular weight is 300 g/mol. The van der Waals surface area contributed by atoms with Crippen molar-refractivity contribution in [1.29, 1.82) is 0 Å². The molecule has 0 spiro atoms. The van der Waals surface area contributed by atoms with E-state index in [1.54, 1.807) is 19.1 Å². The average Bonchev–Trinajstić information content (AvgIpc) is 3.11. The summed E-state index contributed by atoms with van der Waals surface area (Å²) in [5.41, 5.74) is -0.795. The number of carbonyl (C=O) groups excluding carboxylic acids is 1. The minimum Gasteiger partial charge on any atom is -0.481 e. The van der Waals surface area contributed by atoms with E-state index in [1.807, 2.05) is 0 Å². The Balaban J connectivity index is 1.89. The molecule has 7 nitrogen and oxygen atoms in total. The van der Waals surface area contributed by atoms with Crippen LogP contribution in [0.3, 0.4) is 0 Å². The van der Waals surface area contributed by atoms with Gasteiger partial charge in [-0.1, -0.05) is 12.8 Å². The fourth-order valence-corrected chi connectivity index (χ4v) is 3.24. The number of carbonyl (C=O) groups is 2. The number of hydrogen-bond acceptors (Lipinski definition) is 4. The van der Waals surface area contributed by atoms with Gasteiger partial charge in [-0.25, -0.2) is 4.79 Å². The molecule has 1 saturated heterocycles. The van der Waals surface area contributed by atoms with E-state index in [2.05, 4.69) is 5.32 Å². The van der Waals surface area contributed by atoms with Crippen LogP contribution in [0.15, 0.2) is 0 Å². The lowest BCUT2D eigenvalue weighted by atomic mass is 9.86. The van der Waals surface area contributed by atoms with Gasteiger partial charge in [0.25, 0.3) is 0 Å². The molecule has 0 aromatic heterocycles. The van der Waals surface area contributed by atoms with Gasteiger partial charge in [-0.3, -0.25) is 4.79 Å². The highest BCUT2D eigenvalue weighted by Gasteiger charge is 2.42. The SMILES string of the molecule is COC1CN(C(=O)NCC2(C(=O)O)CCCC2)CC1OC. The number of carboxylic acid groups (broad SMARTS) is 1. The standard InChI is InChI=1S/C14H24N2O5/c1-20-10-7-16(8-11(10)21-2)13(19)15-9-14(12(17)18)5-3-4-6-14/h10-11H,3-9H2,1-2H3,(H,15,19)(H,17,18). The van der Waals surface area contributed by atoms with Crippen LogP contribution in [0.2, 0.25) is 0 Å². The fraction of sp³-hybridized carbons (Fsp3) is 0.857. The molecule has 2 atom stereocenters. The Bertz CT molecular complexity index is 383. The Morgan fingerprint density at radius 2 is 1.71 bits per heavy atom. The minimum atomic E-state index is -0.814. The summed E-state index contributed by atoms with van der Waals surface area (Å²) in [7, 11) is 3.19. The molecule has 2 aliphatic rings. The first-order chi connectivity index (χ1) is 10.0. The number of methoxy groups -OCH3 is 2. The monoisotopic (exact) mass is 300 g/mol. The smallest absolute Gasteiger partial charge is 0.317 e. The minimum absolute atomic E-state index is 0.138. The van der Waals surface area contributed by atoms with Crippen molar-refractivity contribution in [2.45, 2.75) is 37.9 Å². The van der Waals surface area contributed by atoms with E-state index in [4.69, 9.17) is 9.47 Å². The van der Waals surface area contributed by atoms with E-state index in [0.717, 1.165) is 12.8 Å². The molecule has 1 aliphatic carbocycles. The van der Waals surface area contributed by atoms with Crippen LogP contribution in [0.5, 0.6) is 0 Å². The number of carboxylic acids is 1. The van der Waals surface area contributed by atoms with Gasteiger partial charge in [0.2, 0.25) is 0 Å². The lowest BCUT2D eigenvalue weighted by Crippen LogP contribution is -2.46. The number of aliphatic carboxylic acids is 1. The summed E-state index contributed by atoms with van der Waals surface area (Å²) in [6.45, 7) is 1.11. The Labute approximate surface area is 124 Å². The van der Waals surface area contributed by atoms with Gasteiger partial charge in [0.1, 0.15) is 12.2 Å². The van der Waals surface area contributed by atoms with Crippen molar-refractivity contribution in [3.8, 4) is 0 Å². The van der Waals surface area contributed by atoms with E-state index in [0.29, 0.717) is 25.9 Å². The highest BCUT2D eigenvalue weighted by molar-refractivity contribution is 5.78. The second-order valence-corrected chi connectivity index (χ2v) is 5.90. The highest BCUT2D eigenvalue weighted by atomic mass is 16.5. The maximum absolute atomic E-state index is 12.2. The first kappa shape index (κ1) is 16.0. The maximum Gasteiger partial charge on any atom is 0.317 e.